The third kappa shape index (κ3) is 10.5. The molecule has 2 aromatic carbocycles. The fourth-order valence-corrected chi connectivity index (χ4v) is 4.43. The van der Waals surface area contributed by atoms with Crippen LogP contribution in [0.1, 0.15) is 37.8 Å². The molecular formula is C29H40N4O6S. The van der Waals surface area contributed by atoms with Gasteiger partial charge in [-0.15, -0.1) is 0 Å². The molecule has 0 radical (unpaired) electrons. The minimum atomic E-state index is -1.18. The average Bonchev–Trinajstić information content (AvgIpc) is 2.94. The number of carbonyl (C=O) groups excluding carboxylic acids is 3. The summed E-state index contributed by atoms with van der Waals surface area (Å²) < 4.78 is 0. The predicted molar refractivity (Wildman–Crippen MR) is 156 cm³/mol. The van der Waals surface area contributed by atoms with Gasteiger partial charge in [-0.25, -0.2) is 4.79 Å². The lowest BCUT2D eigenvalue weighted by Crippen LogP contribution is -2.58. The third-order valence-corrected chi connectivity index (χ3v) is 7.35. The Bertz CT molecular complexity index is 1120. The number of carbonyl (C=O) groups is 4. The Balaban J connectivity index is 2.32. The minimum Gasteiger partial charge on any atom is -0.508 e. The van der Waals surface area contributed by atoms with Crippen LogP contribution in [0.4, 0.5) is 0 Å². The van der Waals surface area contributed by atoms with E-state index in [1.807, 2.05) is 50.4 Å². The maximum Gasteiger partial charge on any atom is 0.326 e. The number of aliphatic carboxylic acids is 1. The lowest BCUT2D eigenvalue weighted by atomic mass is 9.98. The molecule has 0 aliphatic rings. The number of amides is 3. The number of phenolic OH excluding ortho intramolecular Hbond substituents is 1. The summed E-state index contributed by atoms with van der Waals surface area (Å²) in [4.78, 5) is 51.6. The quantitative estimate of drug-likeness (QED) is 0.177. The number of rotatable bonds is 16. The fraction of sp³-hybridized carbons (Fsp3) is 0.448. The fourth-order valence-electron chi connectivity index (χ4n) is 3.95. The van der Waals surface area contributed by atoms with Gasteiger partial charge in [0.1, 0.15) is 23.9 Å². The van der Waals surface area contributed by atoms with E-state index in [9.17, 15) is 29.4 Å². The molecule has 0 aliphatic carbocycles. The van der Waals surface area contributed by atoms with E-state index in [-0.39, 0.29) is 30.9 Å². The molecule has 0 saturated carbocycles. The number of nitrogens with one attached hydrogen (secondary N) is 3. The highest BCUT2D eigenvalue weighted by molar-refractivity contribution is 7.98. The van der Waals surface area contributed by atoms with Crippen LogP contribution in [0.2, 0.25) is 0 Å². The molecule has 11 heteroatoms. The Labute approximate surface area is 239 Å². The van der Waals surface area contributed by atoms with Crippen LogP contribution in [0.3, 0.4) is 0 Å². The van der Waals surface area contributed by atoms with Crippen LogP contribution >= 0.6 is 11.8 Å². The van der Waals surface area contributed by atoms with Gasteiger partial charge in [-0.2, -0.15) is 11.8 Å². The van der Waals surface area contributed by atoms with Crippen molar-refractivity contribution in [3.05, 3.63) is 65.7 Å². The number of hydrogen-bond donors (Lipinski definition) is 6. The second-order valence-electron chi connectivity index (χ2n) is 9.77. The van der Waals surface area contributed by atoms with Crippen LogP contribution in [0, 0.1) is 5.92 Å². The van der Waals surface area contributed by atoms with Gasteiger partial charge in [0.05, 0.1) is 6.04 Å². The van der Waals surface area contributed by atoms with E-state index in [1.54, 1.807) is 12.1 Å². The first kappa shape index (κ1) is 32.6. The van der Waals surface area contributed by atoms with Crippen molar-refractivity contribution in [3.63, 3.8) is 0 Å². The molecule has 5 unspecified atom stereocenters. The monoisotopic (exact) mass is 572 g/mol. The highest BCUT2D eigenvalue weighted by Gasteiger charge is 2.31. The summed E-state index contributed by atoms with van der Waals surface area (Å²) in [6.45, 7) is 3.77. The van der Waals surface area contributed by atoms with Crippen LogP contribution in [-0.4, -0.2) is 70.1 Å². The van der Waals surface area contributed by atoms with E-state index in [1.165, 1.54) is 23.9 Å². The maximum atomic E-state index is 13.6. The van der Waals surface area contributed by atoms with Crippen molar-refractivity contribution in [2.45, 2.75) is 63.7 Å². The van der Waals surface area contributed by atoms with E-state index in [0.29, 0.717) is 17.7 Å². The van der Waals surface area contributed by atoms with Gasteiger partial charge in [-0.05, 0) is 47.6 Å². The first-order chi connectivity index (χ1) is 19.0. The molecule has 2 rings (SSSR count). The molecule has 2 aromatic rings. The molecule has 0 aliphatic heterocycles. The smallest absolute Gasteiger partial charge is 0.326 e. The SMILES string of the molecule is CCC(C)C(N)C(=O)NC(Cc1ccccc1)C(=O)NC(Cc1ccc(O)cc1)C(=O)NC(CCSC)C(=O)O. The molecular weight excluding hydrogens is 532 g/mol. The third-order valence-electron chi connectivity index (χ3n) is 6.71. The van der Waals surface area contributed by atoms with Crippen LogP contribution in [0.5, 0.6) is 5.75 Å². The van der Waals surface area contributed by atoms with E-state index in [2.05, 4.69) is 16.0 Å². The van der Waals surface area contributed by atoms with E-state index >= 15 is 0 Å². The van der Waals surface area contributed by atoms with Gasteiger partial charge in [0, 0.05) is 12.8 Å². The van der Waals surface area contributed by atoms with Crippen molar-refractivity contribution < 1.29 is 29.4 Å². The van der Waals surface area contributed by atoms with Crippen LogP contribution in [0.15, 0.2) is 54.6 Å². The number of thioether (sulfide) groups is 1. The van der Waals surface area contributed by atoms with E-state index in [4.69, 9.17) is 5.73 Å². The molecule has 40 heavy (non-hydrogen) atoms. The lowest BCUT2D eigenvalue weighted by Gasteiger charge is -2.26. The molecule has 0 spiro atoms. The Morgan fingerprint density at radius 3 is 1.82 bits per heavy atom. The molecule has 0 fully saturated rings. The molecule has 0 aromatic heterocycles. The summed E-state index contributed by atoms with van der Waals surface area (Å²) in [5, 5.41) is 27.2. The van der Waals surface area contributed by atoms with E-state index < -0.39 is 47.9 Å². The van der Waals surface area contributed by atoms with Gasteiger partial charge < -0.3 is 31.9 Å². The van der Waals surface area contributed by atoms with Crippen LogP contribution in [0.25, 0.3) is 0 Å². The molecule has 7 N–H and O–H groups in total. The minimum absolute atomic E-state index is 0.0328. The van der Waals surface area contributed by atoms with Crippen molar-refractivity contribution in [3.8, 4) is 5.75 Å². The predicted octanol–water partition coefficient (Wildman–Crippen LogP) is 1.84. The number of aromatic hydroxyl groups is 1. The Kier molecular flexibility index (Phi) is 13.5. The summed E-state index contributed by atoms with van der Waals surface area (Å²) >= 11 is 1.46. The topological polar surface area (TPSA) is 171 Å². The molecule has 0 bridgehead atoms. The molecule has 5 atom stereocenters. The summed E-state index contributed by atoms with van der Waals surface area (Å²) in [5.41, 5.74) is 7.54. The number of carboxylic acid groups (broad SMARTS) is 1. The second kappa shape index (κ2) is 16.5. The zero-order valence-corrected chi connectivity index (χ0v) is 23.9. The van der Waals surface area contributed by atoms with Gasteiger partial charge >= 0.3 is 5.97 Å². The first-order valence-electron chi connectivity index (χ1n) is 13.3. The number of phenols is 1. The Morgan fingerprint density at radius 2 is 1.32 bits per heavy atom. The summed E-state index contributed by atoms with van der Waals surface area (Å²) in [6.07, 6.45) is 2.92. The number of carboxylic acids is 1. The van der Waals surface area contributed by atoms with Gasteiger partial charge in [0.15, 0.2) is 0 Å². The molecule has 10 nitrogen and oxygen atoms in total. The standard InChI is InChI=1S/C29H40N4O6S/c1-4-18(2)25(30)28(37)33-24(16-19-8-6-5-7-9-19)27(36)32-23(17-20-10-12-21(34)13-11-20)26(35)31-22(29(38)39)14-15-40-3/h5-13,18,22-25,34H,4,14-17,30H2,1-3H3,(H,31,35)(H,32,36)(H,33,37)(H,38,39). The highest BCUT2D eigenvalue weighted by atomic mass is 32.2. The first-order valence-corrected chi connectivity index (χ1v) is 14.6. The van der Waals surface area contributed by atoms with Gasteiger partial charge in [-0.3, -0.25) is 14.4 Å². The largest absolute Gasteiger partial charge is 0.508 e. The molecule has 3 amide bonds. The van der Waals surface area contributed by atoms with Crippen molar-refractivity contribution in [1.29, 1.82) is 0 Å². The highest BCUT2D eigenvalue weighted by Crippen LogP contribution is 2.13. The summed E-state index contributed by atoms with van der Waals surface area (Å²) in [6, 6.07) is 11.1. The van der Waals surface area contributed by atoms with Gasteiger partial charge in [-0.1, -0.05) is 62.7 Å². The Hall–Kier alpha value is -3.57. The summed E-state index contributed by atoms with van der Waals surface area (Å²) in [7, 11) is 0. The molecule has 0 heterocycles. The van der Waals surface area contributed by atoms with Gasteiger partial charge in [0.25, 0.3) is 0 Å². The lowest BCUT2D eigenvalue weighted by molar-refractivity contribution is -0.142. The number of benzene rings is 2. The summed E-state index contributed by atoms with van der Waals surface area (Å²) in [5.74, 6) is -2.48. The zero-order chi connectivity index (χ0) is 29.7. The van der Waals surface area contributed by atoms with Crippen molar-refractivity contribution in [2.24, 2.45) is 11.7 Å². The average molecular weight is 573 g/mol. The van der Waals surface area contributed by atoms with Crippen LogP contribution in [-0.2, 0) is 32.0 Å². The van der Waals surface area contributed by atoms with Crippen LogP contribution < -0.4 is 21.7 Å². The Morgan fingerprint density at radius 1 is 0.825 bits per heavy atom. The van der Waals surface area contributed by atoms with Crippen molar-refractivity contribution in [2.75, 3.05) is 12.0 Å². The normalized spacial score (nSPS) is 14.7. The van der Waals surface area contributed by atoms with Crippen molar-refractivity contribution in [1.82, 2.24) is 16.0 Å². The number of nitrogens with two attached hydrogens (primary N) is 1. The molecule has 218 valence electrons. The molecule has 0 saturated heterocycles. The zero-order valence-electron chi connectivity index (χ0n) is 23.1. The van der Waals surface area contributed by atoms with Crippen molar-refractivity contribution >= 4 is 35.5 Å². The maximum absolute atomic E-state index is 13.6. The second-order valence-corrected chi connectivity index (χ2v) is 10.8. The van der Waals surface area contributed by atoms with E-state index in [0.717, 1.165) is 5.56 Å². The number of hydrogen-bond acceptors (Lipinski definition) is 7. The van der Waals surface area contributed by atoms with Gasteiger partial charge in [0.2, 0.25) is 17.7 Å².